The number of carbonyl (C=O) groups is 2. The number of nitrogens with one attached hydrogen (secondary N) is 2. The van der Waals surface area contributed by atoms with E-state index < -0.39 is 18.6 Å². The number of hydrogen-bond donors (Lipinski definition) is 2. The summed E-state index contributed by atoms with van der Waals surface area (Å²) < 4.78 is 28.4. The van der Waals surface area contributed by atoms with Crippen molar-refractivity contribution in [2.45, 2.75) is 26.5 Å². The molecule has 20 heavy (non-hydrogen) atoms. The third-order valence-corrected chi connectivity index (χ3v) is 2.41. The van der Waals surface area contributed by atoms with E-state index in [4.69, 9.17) is 0 Å². The number of alkyl halides is 2. The molecule has 5 nitrogen and oxygen atoms in total. The van der Waals surface area contributed by atoms with Gasteiger partial charge in [0.1, 0.15) is 11.8 Å². The highest BCUT2D eigenvalue weighted by molar-refractivity contribution is 5.97. The second-order valence-corrected chi connectivity index (χ2v) is 4.00. The van der Waals surface area contributed by atoms with Gasteiger partial charge in [0.15, 0.2) is 0 Å². The summed E-state index contributed by atoms with van der Waals surface area (Å²) in [6.07, 6.45) is 0. The zero-order valence-electron chi connectivity index (χ0n) is 11.2. The van der Waals surface area contributed by atoms with Gasteiger partial charge in [-0.25, -0.2) is 0 Å². The van der Waals surface area contributed by atoms with Gasteiger partial charge in [0.25, 0.3) is 5.91 Å². The van der Waals surface area contributed by atoms with Crippen molar-refractivity contribution < 1.29 is 23.1 Å². The smallest absolute Gasteiger partial charge is 0.387 e. The van der Waals surface area contributed by atoms with Gasteiger partial charge in [-0.05, 0) is 32.0 Å². The summed E-state index contributed by atoms with van der Waals surface area (Å²) in [4.78, 5) is 23.3. The van der Waals surface area contributed by atoms with Crippen molar-refractivity contribution in [2.24, 2.45) is 0 Å². The van der Waals surface area contributed by atoms with Crippen LogP contribution in [0.2, 0.25) is 0 Å². The summed E-state index contributed by atoms with van der Waals surface area (Å²) in [6, 6.07) is 4.64. The second-order valence-electron chi connectivity index (χ2n) is 4.00. The van der Waals surface area contributed by atoms with Gasteiger partial charge in [0, 0.05) is 12.1 Å². The van der Waals surface area contributed by atoms with E-state index in [1.807, 2.05) is 0 Å². The van der Waals surface area contributed by atoms with E-state index in [0.29, 0.717) is 6.54 Å². The molecule has 0 aliphatic carbocycles. The molecule has 0 bridgehead atoms. The van der Waals surface area contributed by atoms with Gasteiger partial charge in [0.2, 0.25) is 5.91 Å². The topological polar surface area (TPSA) is 67.4 Å². The molecule has 0 spiro atoms. The highest BCUT2D eigenvalue weighted by Gasteiger charge is 2.16. The van der Waals surface area contributed by atoms with Crippen LogP contribution in [-0.4, -0.2) is 31.0 Å². The number of likely N-dealkylation sites (N-methyl/N-ethyl adjacent to an activating group) is 1. The molecule has 1 rings (SSSR count). The zero-order valence-corrected chi connectivity index (χ0v) is 11.2. The number of ether oxygens (including phenoxy) is 1. The van der Waals surface area contributed by atoms with Crippen molar-refractivity contribution in [1.82, 2.24) is 10.6 Å². The van der Waals surface area contributed by atoms with Crippen LogP contribution < -0.4 is 15.4 Å². The maximum absolute atomic E-state index is 12.1. The van der Waals surface area contributed by atoms with Crippen LogP contribution >= 0.6 is 0 Å². The van der Waals surface area contributed by atoms with Crippen molar-refractivity contribution in [2.75, 3.05) is 6.54 Å². The molecule has 110 valence electrons. The maximum Gasteiger partial charge on any atom is 0.387 e. The van der Waals surface area contributed by atoms with Crippen LogP contribution in [0, 0.1) is 0 Å². The fraction of sp³-hybridized carbons (Fsp3) is 0.385. The number of benzene rings is 1. The van der Waals surface area contributed by atoms with Crippen molar-refractivity contribution in [3.05, 3.63) is 29.8 Å². The molecule has 0 radical (unpaired) electrons. The van der Waals surface area contributed by atoms with E-state index in [1.54, 1.807) is 6.92 Å². The minimum atomic E-state index is -2.96. The summed E-state index contributed by atoms with van der Waals surface area (Å²) in [5.74, 6) is -0.970. The van der Waals surface area contributed by atoms with Gasteiger partial charge in [-0.1, -0.05) is 6.07 Å². The monoisotopic (exact) mass is 286 g/mol. The SMILES string of the molecule is CCNC(=O)C(C)NC(=O)c1cccc(OC(F)F)c1. The summed E-state index contributed by atoms with van der Waals surface area (Å²) in [6.45, 7) is 0.791. The Bertz CT molecular complexity index is 480. The van der Waals surface area contributed by atoms with Crippen LogP contribution in [0.1, 0.15) is 24.2 Å². The van der Waals surface area contributed by atoms with Crippen LogP contribution in [0.3, 0.4) is 0 Å². The van der Waals surface area contributed by atoms with Crippen LogP contribution in [-0.2, 0) is 4.79 Å². The summed E-state index contributed by atoms with van der Waals surface area (Å²) in [5, 5.41) is 5.03. The lowest BCUT2D eigenvalue weighted by atomic mass is 10.2. The third-order valence-electron chi connectivity index (χ3n) is 2.41. The van der Waals surface area contributed by atoms with E-state index >= 15 is 0 Å². The molecule has 0 aromatic heterocycles. The molecule has 0 saturated heterocycles. The predicted molar refractivity (Wildman–Crippen MR) is 68.7 cm³/mol. The van der Waals surface area contributed by atoms with Crippen molar-refractivity contribution in [3.63, 3.8) is 0 Å². The Balaban J connectivity index is 2.70. The predicted octanol–water partition coefficient (Wildman–Crippen LogP) is 1.54. The molecule has 0 aliphatic heterocycles. The molecular formula is C13H16F2N2O3. The standard InChI is InChI=1S/C13H16F2N2O3/c1-3-16-11(18)8(2)17-12(19)9-5-4-6-10(7-9)20-13(14)15/h4-8,13H,3H2,1-2H3,(H,16,18)(H,17,19). The molecule has 0 saturated carbocycles. The number of carbonyl (C=O) groups excluding carboxylic acids is 2. The van der Waals surface area contributed by atoms with E-state index in [0.717, 1.165) is 0 Å². The Hall–Kier alpha value is -2.18. The largest absolute Gasteiger partial charge is 0.435 e. The summed E-state index contributed by atoms with van der Waals surface area (Å²) in [7, 11) is 0. The minimum absolute atomic E-state index is 0.113. The van der Waals surface area contributed by atoms with E-state index in [1.165, 1.54) is 31.2 Å². The molecule has 0 aliphatic rings. The Labute approximate surface area is 115 Å². The number of rotatable bonds is 6. The van der Waals surface area contributed by atoms with E-state index in [2.05, 4.69) is 15.4 Å². The van der Waals surface area contributed by atoms with Crippen molar-refractivity contribution in [3.8, 4) is 5.75 Å². The van der Waals surface area contributed by atoms with Gasteiger partial charge in [-0.2, -0.15) is 8.78 Å². The first-order valence-electron chi connectivity index (χ1n) is 6.07. The minimum Gasteiger partial charge on any atom is -0.435 e. The highest BCUT2D eigenvalue weighted by atomic mass is 19.3. The van der Waals surface area contributed by atoms with Crippen LogP contribution in [0.15, 0.2) is 24.3 Å². The van der Waals surface area contributed by atoms with E-state index in [9.17, 15) is 18.4 Å². The molecule has 1 atom stereocenters. The molecular weight excluding hydrogens is 270 g/mol. The summed E-state index contributed by atoms with van der Waals surface area (Å²) in [5.41, 5.74) is 0.138. The van der Waals surface area contributed by atoms with Gasteiger partial charge in [-0.15, -0.1) is 0 Å². The average Bonchev–Trinajstić information content (AvgIpc) is 2.38. The third kappa shape index (κ3) is 4.83. The maximum atomic E-state index is 12.1. The molecule has 0 heterocycles. The van der Waals surface area contributed by atoms with Crippen molar-refractivity contribution in [1.29, 1.82) is 0 Å². The van der Waals surface area contributed by atoms with Gasteiger partial charge in [0.05, 0.1) is 0 Å². The second kappa shape index (κ2) is 7.42. The Morgan fingerprint density at radius 2 is 2.05 bits per heavy atom. The Morgan fingerprint density at radius 3 is 2.65 bits per heavy atom. The fourth-order valence-corrected chi connectivity index (χ4v) is 1.49. The quantitative estimate of drug-likeness (QED) is 0.833. The molecule has 7 heteroatoms. The Morgan fingerprint density at radius 1 is 1.35 bits per heavy atom. The first-order valence-corrected chi connectivity index (χ1v) is 6.07. The lowest BCUT2D eigenvalue weighted by Gasteiger charge is -2.13. The number of halogens is 2. The van der Waals surface area contributed by atoms with Crippen LogP contribution in [0.5, 0.6) is 5.75 Å². The molecule has 1 aromatic rings. The van der Waals surface area contributed by atoms with Gasteiger partial charge >= 0.3 is 6.61 Å². The summed E-state index contributed by atoms with van der Waals surface area (Å²) >= 11 is 0. The molecule has 1 aromatic carbocycles. The van der Waals surface area contributed by atoms with Crippen molar-refractivity contribution >= 4 is 11.8 Å². The first-order chi connectivity index (χ1) is 9.43. The Kier molecular flexibility index (Phi) is 5.89. The zero-order chi connectivity index (χ0) is 15.1. The molecule has 1 unspecified atom stereocenters. The molecule has 0 fully saturated rings. The van der Waals surface area contributed by atoms with Crippen LogP contribution in [0.25, 0.3) is 0 Å². The number of amides is 2. The number of hydrogen-bond acceptors (Lipinski definition) is 3. The molecule has 2 amide bonds. The fourth-order valence-electron chi connectivity index (χ4n) is 1.49. The first kappa shape index (κ1) is 15.9. The van der Waals surface area contributed by atoms with Gasteiger partial charge in [-0.3, -0.25) is 9.59 Å². The average molecular weight is 286 g/mol. The lowest BCUT2D eigenvalue weighted by Crippen LogP contribution is -2.44. The van der Waals surface area contributed by atoms with Crippen LogP contribution in [0.4, 0.5) is 8.78 Å². The van der Waals surface area contributed by atoms with E-state index in [-0.39, 0.29) is 17.2 Å². The molecule has 2 N–H and O–H groups in total. The normalized spacial score (nSPS) is 11.8. The highest BCUT2D eigenvalue weighted by Crippen LogP contribution is 2.15. The van der Waals surface area contributed by atoms with Gasteiger partial charge < -0.3 is 15.4 Å². The lowest BCUT2D eigenvalue weighted by molar-refractivity contribution is -0.122.